The van der Waals surface area contributed by atoms with Crippen molar-refractivity contribution in [2.24, 2.45) is 7.05 Å². The van der Waals surface area contributed by atoms with Crippen molar-refractivity contribution in [2.75, 3.05) is 16.6 Å². The molecule has 2 aromatic rings. The molecule has 0 radical (unpaired) electrons. The lowest BCUT2D eigenvalue weighted by molar-refractivity contribution is 0.573. The van der Waals surface area contributed by atoms with Gasteiger partial charge >= 0.3 is 0 Å². The summed E-state index contributed by atoms with van der Waals surface area (Å²) in [6.45, 7) is 0.414. The Morgan fingerprint density at radius 1 is 1.32 bits per heavy atom. The molecule has 0 fully saturated rings. The number of nitrogen functional groups attached to an aromatic ring is 1. The Morgan fingerprint density at radius 3 is 2.79 bits per heavy atom. The number of rotatable bonds is 2. The van der Waals surface area contributed by atoms with Crippen LogP contribution in [-0.4, -0.2) is 24.7 Å². The second kappa shape index (κ2) is 3.99. The van der Waals surface area contributed by atoms with Crippen LogP contribution < -0.4 is 10.0 Å². The number of aromatic nitrogens is 2. The number of hydrogen-bond acceptors (Lipinski definition) is 4. The Kier molecular flexibility index (Phi) is 2.53. The van der Waals surface area contributed by atoms with Crippen molar-refractivity contribution in [2.45, 2.75) is 11.4 Å². The van der Waals surface area contributed by atoms with Gasteiger partial charge in [0.1, 0.15) is 0 Å². The van der Waals surface area contributed by atoms with Crippen LogP contribution in [0, 0.1) is 0 Å². The normalized spacial score (nSPS) is 14.7. The quantitative estimate of drug-likeness (QED) is 0.822. The van der Waals surface area contributed by atoms with Gasteiger partial charge in [-0.05, 0) is 24.6 Å². The first kappa shape index (κ1) is 12.0. The Labute approximate surface area is 111 Å². The maximum absolute atomic E-state index is 12.6. The number of fused-ring (bicyclic) bond motifs is 1. The number of hydrogen-bond donors (Lipinski definition) is 1. The van der Waals surface area contributed by atoms with E-state index in [1.807, 2.05) is 0 Å². The Bertz CT molecular complexity index is 736. The number of nitrogens with zero attached hydrogens (tertiary/aromatic N) is 3. The Balaban J connectivity index is 2.12. The first-order valence-electron chi connectivity index (χ1n) is 5.90. The molecule has 2 heterocycles. The maximum atomic E-state index is 12.6. The second-order valence-corrected chi connectivity index (χ2v) is 6.27. The van der Waals surface area contributed by atoms with Gasteiger partial charge in [0.25, 0.3) is 10.0 Å². The van der Waals surface area contributed by atoms with Gasteiger partial charge in [-0.15, -0.1) is 0 Å². The maximum Gasteiger partial charge on any atom is 0.281 e. The predicted octanol–water partition coefficient (Wildman–Crippen LogP) is 0.754. The minimum absolute atomic E-state index is 0.183. The summed E-state index contributed by atoms with van der Waals surface area (Å²) >= 11 is 0. The molecule has 0 atom stereocenters. The summed E-state index contributed by atoms with van der Waals surface area (Å²) in [5.74, 6) is 0. The van der Waals surface area contributed by atoms with Crippen molar-refractivity contribution in [3.63, 3.8) is 0 Å². The van der Waals surface area contributed by atoms with Crippen LogP contribution in [0.4, 0.5) is 11.4 Å². The van der Waals surface area contributed by atoms with Crippen molar-refractivity contribution >= 4 is 21.4 Å². The number of benzene rings is 1. The van der Waals surface area contributed by atoms with Crippen LogP contribution in [0.1, 0.15) is 5.56 Å². The van der Waals surface area contributed by atoms with Gasteiger partial charge in [0.05, 0.1) is 11.9 Å². The molecule has 1 aliphatic rings. The fourth-order valence-electron chi connectivity index (χ4n) is 2.41. The zero-order valence-electron chi connectivity index (χ0n) is 10.4. The largest absolute Gasteiger partial charge is 0.398 e. The van der Waals surface area contributed by atoms with Crippen LogP contribution in [0.5, 0.6) is 0 Å². The van der Waals surface area contributed by atoms with Crippen molar-refractivity contribution in [3.8, 4) is 0 Å². The molecule has 0 bridgehead atoms. The molecule has 0 spiro atoms. The summed E-state index contributed by atoms with van der Waals surface area (Å²) in [7, 11) is -1.96. The van der Waals surface area contributed by atoms with Crippen LogP contribution in [0.25, 0.3) is 0 Å². The van der Waals surface area contributed by atoms with E-state index in [0.717, 1.165) is 5.56 Å². The van der Waals surface area contributed by atoms with Crippen LogP contribution in [-0.2, 0) is 23.5 Å². The van der Waals surface area contributed by atoms with Crippen LogP contribution in [0.15, 0.2) is 35.5 Å². The number of anilines is 2. The average Bonchev–Trinajstić information content (AvgIpc) is 2.96. The van der Waals surface area contributed by atoms with Crippen LogP contribution in [0.2, 0.25) is 0 Å². The van der Waals surface area contributed by atoms with Gasteiger partial charge in [-0.3, -0.25) is 8.99 Å². The summed E-state index contributed by atoms with van der Waals surface area (Å²) in [5, 5.41) is 4.10. The van der Waals surface area contributed by atoms with Gasteiger partial charge in [0, 0.05) is 24.8 Å². The zero-order chi connectivity index (χ0) is 13.6. The smallest absolute Gasteiger partial charge is 0.281 e. The van der Waals surface area contributed by atoms with Gasteiger partial charge < -0.3 is 5.73 Å². The Morgan fingerprint density at radius 2 is 2.11 bits per heavy atom. The molecular weight excluding hydrogens is 264 g/mol. The van der Waals surface area contributed by atoms with E-state index in [9.17, 15) is 8.42 Å². The Hall–Kier alpha value is -2.02. The van der Waals surface area contributed by atoms with Gasteiger partial charge in [0.2, 0.25) is 0 Å². The molecule has 0 amide bonds. The van der Waals surface area contributed by atoms with Crippen molar-refractivity contribution in [1.29, 1.82) is 0 Å². The summed E-state index contributed by atoms with van der Waals surface area (Å²) in [6.07, 6.45) is 2.11. The van der Waals surface area contributed by atoms with E-state index in [1.54, 1.807) is 25.2 Å². The number of sulfonamides is 1. The van der Waals surface area contributed by atoms with E-state index in [4.69, 9.17) is 5.73 Å². The number of aryl methyl sites for hydroxylation is 1. The van der Waals surface area contributed by atoms with Gasteiger partial charge in [-0.25, -0.2) is 0 Å². The molecule has 6 nitrogen and oxygen atoms in total. The molecule has 1 aromatic heterocycles. The highest BCUT2D eigenvalue weighted by atomic mass is 32.2. The fraction of sp³-hybridized carbons (Fsp3) is 0.250. The van der Waals surface area contributed by atoms with E-state index in [1.165, 1.54) is 21.3 Å². The van der Waals surface area contributed by atoms with E-state index in [2.05, 4.69) is 5.10 Å². The molecule has 0 aliphatic carbocycles. The van der Waals surface area contributed by atoms with Crippen molar-refractivity contribution < 1.29 is 8.42 Å². The molecular formula is C12H14N4O2S. The topological polar surface area (TPSA) is 81.2 Å². The van der Waals surface area contributed by atoms with Crippen LogP contribution in [0.3, 0.4) is 0 Å². The molecule has 0 saturated carbocycles. The molecule has 2 N–H and O–H groups in total. The standard InChI is InChI=1S/C12H14N4O2S/c1-15-12(5-7-14-15)19(17,18)16-8-6-9-10(13)3-2-4-11(9)16/h2-5,7H,6,8,13H2,1H3. The van der Waals surface area contributed by atoms with E-state index >= 15 is 0 Å². The highest BCUT2D eigenvalue weighted by Gasteiger charge is 2.33. The van der Waals surface area contributed by atoms with Gasteiger partial charge in [-0.1, -0.05) is 6.07 Å². The molecule has 1 aromatic carbocycles. The number of nitrogens with two attached hydrogens (primary N) is 1. The first-order chi connectivity index (χ1) is 9.01. The first-order valence-corrected chi connectivity index (χ1v) is 7.34. The summed E-state index contributed by atoms with van der Waals surface area (Å²) in [4.78, 5) is 0. The molecule has 100 valence electrons. The third-order valence-electron chi connectivity index (χ3n) is 3.35. The SMILES string of the molecule is Cn1nccc1S(=O)(=O)N1CCc2c(N)cccc21. The van der Waals surface area contributed by atoms with E-state index in [-0.39, 0.29) is 5.03 Å². The molecule has 1 aliphatic heterocycles. The lowest BCUT2D eigenvalue weighted by Crippen LogP contribution is -2.30. The molecule has 7 heteroatoms. The monoisotopic (exact) mass is 278 g/mol. The van der Waals surface area contributed by atoms with Crippen molar-refractivity contribution in [1.82, 2.24) is 9.78 Å². The summed E-state index contributed by atoms with van der Waals surface area (Å²) in [5.41, 5.74) is 8.09. The lowest BCUT2D eigenvalue weighted by atomic mass is 10.1. The third kappa shape index (κ3) is 1.69. The highest BCUT2D eigenvalue weighted by molar-refractivity contribution is 7.92. The van der Waals surface area contributed by atoms with E-state index in [0.29, 0.717) is 24.3 Å². The summed E-state index contributed by atoms with van der Waals surface area (Å²) in [6, 6.07) is 6.84. The lowest BCUT2D eigenvalue weighted by Gasteiger charge is -2.19. The van der Waals surface area contributed by atoms with Gasteiger partial charge in [0.15, 0.2) is 5.03 Å². The third-order valence-corrected chi connectivity index (χ3v) is 5.24. The predicted molar refractivity (Wildman–Crippen MR) is 72.3 cm³/mol. The zero-order valence-corrected chi connectivity index (χ0v) is 11.3. The van der Waals surface area contributed by atoms with Crippen molar-refractivity contribution in [3.05, 3.63) is 36.0 Å². The fourth-order valence-corrected chi connectivity index (χ4v) is 4.01. The molecule has 3 rings (SSSR count). The average molecular weight is 278 g/mol. The van der Waals surface area contributed by atoms with Crippen LogP contribution >= 0.6 is 0 Å². The molecule has 19 heavy (non-hydrogen) atoms. The second-order valence-electron chi connectivity index (χ2n) is 4.47. The van der Waals surface area contributed by atoms with Gasteiger partial charge in [-0.2, -0.15) is 13.5 Å². The molecule has 0 saturated heterocycles. The summed E-state index contributed by atoms with van der Waals surface area (Å²) < 4.78 is 28.0. The minimum Gasteiger partial charge on any atom is -0.398 e. The minimum atomic E-state index is -3.58. The molecule has 0 unspecified atom stereocenters. The van der Waals surface area contributed by atoms with E-state index < -0.39 is 10.0 Å². The highest BCUT2D eigenvalue weighted by Crippen LogP contribution is 2.35.